The molecule has 1 aliphatic rings. The van der Waals surface area contributed by atoms with Gasteiger partial charge in [0, 0.05) is 20.3 Å². The zero-order valence-electron chi connectivity index (χ0n) is 11.3. The number of hydrogen-bond acceptors (Lipinski definition) is 3. The van der Waals surface area contributed by atoms with Gasteiger partial charge in [0.05, 0.1) is 6.04 Å². The summed E-state index contributed by atoms with van der Waals surface area (Å²) in [5.74, 6) is 1.42. The first-order chi connectivity index (χ1) is 8.19. The average molecular weight is 242 g/mol. The van der Waals surface area contributed by atoms with E-state index >= 15 is 0 Å². The maximum absolute atomic E-state index is 11.8. The number of rotatable bonds is 6. The highest BCUT2D eigenvalue weighted by Gasteiger charge is 2.29. The molecule has 0 spiro atoms. The second-order valence-corrected chi connectivity index (χ2v) is 4.94. The van der Waals surface area contributed by atoms with Crippen molar-refractivity contribution in [3.8, 4) is 0 Å². The first-order valence-corrected chi connectivity index (χ1v) is 6.69. The molecule has 3 unspecified atom stereocenters. The van der Waals surface area contributed by atoms with Gasteiger partial charge < -0.3 is 15.4 Å². The van der Waals surface area contributed by atoms with Crippen LogP contribution in [0.2, 0.25) is 0 Å². The number of carbonyl (C=O) groups excluding carboxylic acids is 1. The average Bonchev–Trinajstić information content (AvgIpc) is 2.36. The number of piperidine rings is 1. The molecule has 4 nitrogen and oxygen atoms in total. The fraction of sp³-hybridized carbons (Fsp3) is 0.923. The monoisotopic (exact) mass is 242 g/mol. The number of hydrogen-bond donors (Lipinski definition) is 2. The normalized spacial score (nSPS) is 26.5. The van der Waals surface area contributed by atoms with Crippen LogP contribution < -0.4 is 10.6 Å². The minimum absolute atomic E-state index is 0.00121. The van der Waals surface area contributed by atoms with Crippen molar-refractivity contribution in [2.45, 2.75) is 39.2 Å². The van der Waals surface area contributed by atoms with Gasteiger partial charge in [0.1, 0.15) is 0 Å². The number of methoxy groups -OCH3 is 1. The SMILES string of the molecule is CCNC(=O)C1CC(C(C)CCOC)CCN1. The molecule has 1 saturated heterocycles. The van der Waals surface area contributed by atoms with Gasteiger partial charge in [-0.15, -0.1) is 0 Å². The molecule has 0 bridgehead atoms. The lowest BCUT2D eigenvalue weighted by atomic mass is 9.81. The topological polar surface area (TPSA) is 50.4 Å². The van der Waals surface area contributed by atoms with Crippen LogP contribution in [0.3, 0.4) is 0 Å². The molecular weight excluding hydrogens is 216 g/mol. The Hall–Kier alpha value is -0.610. The first-order valence-electron chi connectivity index (χ1n) is 6.69. The lowest BCUT2D eigenvalue weighted by Crippen LogP contribution is -2.49. The fourth-order valence-electron chi connectivity index (χ4n) is 2.50. The third kappa shape index (κ3) is 4.64. The van der Waals surface area contributed by atoms with Crippen LogP contribution in [0.4, 0.5) is 0 Å². The van der Waals surface area contributed by atoms with Crippen LogP contribution in [0, 0.1) is 11.8 Å². The minimum atomic E-state index is -0.00121. The van der Waals surface area contributed by atoms with Gasteiger partial charge in [-0.2, -0.15) is 0 Å². The van der Waals surface area contributed by atoms with Crippen molar-refractivity contribution in [2.24, 2.45) is 11.8 Å². The standard InChI is InChI=1S/C13H26N2O2/c1-4-14-13(16)12-9-11(5-7-15-12)10(2)6-8-17-3/h10-12,15H,4-9H2,1-3H3,(H,14,16). The largest absolute Gasteiger partial charge is 0.385 e. The van der Waals surface area contributed by atoms with Crippen molar-refractivity contribution in [1.82, 2.24) is 10.6 Å². The van der Waals surface area contributed by atoms with Crippen LogP contribution in [0.5, 0.6) is 0 Å². The Labute approximate surface area is 104 Å². The Balaban J connectivity index is 2.39. The van der Waals surface area contributed by atoms with Crippen molar-refractivity contribution in [1.29, 1.82) is 0 Å². The van der Waals surface area contributed by atoms with Crippen LogP contribution in [-0.2, 0) is 9.53 Å². The summed E-state index contributed by atoms with van der Waals surface area (Å²) in [7, 11) is 1.74. The zero-order chi connectivity index (χ0) is 12.7. The van der Waals surface area contributed by atoms with Crippen LogP contribution in [0.25, 0.3) is 0 Å². The summed E-state index contributed by atoms with van der Waals surface area (Å²) in [5, 5.41) is 6.19. The number of amides is 1. The molecule has 4 heteroatoms. The summed E-state index contributed by atoms with van der Waals surface area (Å²) in [4.78, 5) is 11.8. The van der Waals surface area contributed by atoms with Gasteiger partial charge in [-0.05, 0) is 44.6 Å². The molecular formula is C13H26N2O2. The third-order valence-electron chi connectivity index (χ3n) is 3.69. The highest BCUT2D eigenvalue weighted by molar-refractivity contribution is 5.81. The molecule has 1 fully saturated rings. The lowest BCUT2D eigenvalue weighted by molar-refractivity contribution is -0.124. The number of carbonyl (C=O) groups is 1. The Morgan fingerprint density at radius 2 is 2.35 bits per heavy atom. The van der Waals surface area contributed by atoms with Gasteiger partial charge in [0.15, 0.2) is 0 Å². The van der Waals surface area contributed by atoms with E-state index in [4.69, 9.17) is 4.74 Å². The maximum Gasteiger partial charge on any atom is 0.237 e. The molecule has 1 amide bonds. The molecule has 1 heterocycles. The van der Waals surface area contributed by atoms with E-state index in [1.165, 1.54) is 6.42 Å². The predicted octanol–water partition coefficient (Wildman–Crippen LogP) is 1.16. The highest BCUT2D eigenvalue weighted by atomic mass is 16.5. The third-order valence-corrected chi connectivity index (χ3v) is 3.69. The van der Waals surface area contributed by atoms with E-state index in [1.54, 1.807) is 7.11 Å². The summed E-state index contributed by atoms with van der Waals surface area (Å²) in [6.07, 6.45) is 3.21. The van der Waals surface area contributed by atoms with E-state index in [9.17, 15) is 4.79 Å². The summed E-state index contributed by atoms with van der Waals surface area (Å²) in [5.41, 5.74) is 0. The molecule has 0 aliphatic carbocycles. The fourth-order valence-corrected chi connectivity index (χ4v) is 2.50. The molecule has 0 aromatic heterocycles. The zero-order valence-corrected chi connectivity index (χ0v) is 11.3. The van der Waals surface area contributed by atoms with Crippen molar-refractivity contribution in [3.05, 3.63) is 0 Å². The molecule has 100 valence electrons. The van der Waals surface area contributed by atoms with Gasteiger partial charge in [0.2, 0.25) is 5.91 Å². The molecule has 3 atom stereocenters. The van der Waals surface area contributed by atoms with E-state index in [2.05, 4.69) is 17.6 Å². The van der Waals surface area contributed by atoms with Gasteiger partial charge >= 0.3 is 0 Å². The van der Waals surface area contributed by atoms with Gasteiger partial charge in [-0.1, -0.05) is 6.92 Å². The summed E-state index contributed by atoms with van der Waals surface area (Å²) < 4.78 is 5.12. The van der Waals surface area contributed by atoms with Gasteiger partial charge in [-0.3, -0.25) is 4.79 Å². The van der Waals surface area contributed by atoms with Crippen molar-refractivity contribution < 1.29 is 9.53 Å². The summed E-state index contributed by atoms with van der Waals surface area (Å²) in [6.45, 7) is 6.70. The minimum Gasteiger partial charge on any atom is -0.385 e. The van der Waals surface area contributed by atoms with E-state index < -0.39 is 0 Å². The number of likely N-dealkylation sites (N-methyl/N-ethyl adjacent to an activating group) is 1. The van der Waals surface area contributed by atoms with E-state index in [-0.39, 0.29) is 11.9 Å². The smallest absolute Gasteiger partial charge is 0.237 e. The van der Waals surface area contributed by atoms with Crippen LogP contribution in [0.1, 0.15) is 33.1 Å². The molecule has 1 aliphatic heterocycles. The quantitative estimate of drug-likeness (QED) is 0.735. The van der Waals surface area contributed by atoms with E-state index in [1.807, 2.05) is 6.92 Å². The lowest BCUT2D eigenvalue weighted by Gasteiger charge is -2.33. The second kappa shape index (κ2) is 7.67. The molecule has 0 aromatic carbocycles. The maximum atomic E-state index is 11.8. The van der Waals surface area contributed by atoms with E-state index in [0.29, 0.717) is 18.4 Å². The highest BCUT2D eigenvalue weighted by Crippen LogP contribution is 2.26. The molecule has 17 heavy (non-hydrogen) atoms. The van der Waals surface area contributed by atoms with Crippen LogP contribution in [-0.4, -0.2) is 38.8 Å². The summed E-state index contributed by atoms with van der Waals surface area (Å²) >= 11 is 0. The van der Waals surface area contributed by atoms with E-state index in [0.717, 1.165) is 26.0 Å². The molecule has 1 rings (SSSR count). The van der Waals surface area contributed by atoms with Crippen LogP contribution >= 0.6 is 0 Å². The van der Waals surface area contributed by atoms with Crippen LogP contribution in [0.15, 0.2) is 0 Å². The Kier molecular flexibility index (Phi) is 6.52. The Morgan fingerprint density at radius 1 is 1.59 bits per heavy atom. The number of ether oxygens (including phenoxy) is 1. The Morgan fingerprint density at radius 3 is 3.00 bits per heavy atom. The molecule has 0 radical (unpaired) electrons. The van der Waals surface area contributed by atoms with Crippen molar-refractivity contribution in [2.75, 3.05) is 26.8 Å². The van der Waals surface area contributed by atoms with Gasteiger partial charge in [-0.25, -0.2) is 0 Å². The predicted molar refractivity (Wildman–Crippen MR) is 68.9 cm³/mol. The van der Waals surface area contributed by atoms with Gasteiger partial charge in [0.25, 0.3) is 0 Å². The van der Waals surface area contributed by atoms with Crippen molar-refractivity contribution >= 4 is 5.91 Å². The molecule has 2 N–H and O–H groups in total. The molecule has 0 aromatic rings. The first kappa shape index (κ1) is 14.5. The molecule has 0 saturated carbocycles. The number of nitrogens with one attached hydrogen (secondary N) is 2. The Bertz CT molecular complexity index is 233. The van der Waals surface area contributed by atoms with Crippen molar-refractivity contribution in [3.63, 3.8) is 0 Å². The summed E-state index contributed by atoms with van der Waals surface area (Å²) in [6, 6.07) is -0.00121. The second-order valence-electron chi connectivity index (χ2n) is 4.94.